The molecule has 6 N–H and O–H groups in total. The van der Waals surface area contributed by atoms with Crippen molar-refractivity contribution in [1.29, 1.82) is 0 Å². The molecule has 1 aromatic carbocycles. The van der Waals surface area contributed by atoms with Crippen LogP contribution < -0.4 is 16.4 Å². The van der Waals surface area contributed by atoms with Gasteiger partial charge in [-0.05, 0) is 105 Å². The van der Waals surface area contributed by atoms with Crippen molar-refractivity contribution >= 4 is 33.3 Å². The van der Waals surface area contributed by atoms with Gasteiger partial charge in [0.2, 0.25) is 0 Å². The van der Waals surface area contributed by atoms with Crippen molar-refractivity contribution < 1.29 is 15.0 Å². The number of ketones is 1. The summed E-state index contributed by atoms with van der Waals surface area (Å²) in [6.45, 7) is 4.39. The van der Waals surface area contributed by atoms with Gasteiger partial charge >= 0.3 is 0 Å². The number of benzene rings is 1. The van der Waals surface area contributed by atoms with Crippen LogP contribution in [0.4, 0.5) is 0 Å². The van der Waals surface area contributed by atoms with Crippen molar-refractivity contribution in [2.24, 2.45) is 45.2 Å². The summed E-state index contributed by atoms with van der Waals surface area (Å²) in [5.41, 5.74) is 11.3. The molecule has 3 aliphatic carbocycles. The van der Waals surface area contributed by atoms with E-state index in [0.717, 1.165) is 81.4 Å². The number of aliphatic imine (C=N–C) groups is 1. The fourth-order valence-corrected chi connectivity index (χ4v) is 13.1. The first kappa shape index (κ1) is 32.4. The van der Waals surface area contributed by atoms with Crippen LogP contribution in [0.15, 0.2) is 40.4 Å². The highest BCUT2D eigenvalue weighted by atomic mass is 33.1. The Balaban J connectivity index is 1.32. The molecule has 1 aromatic rings. The van der Waals surface area contributed by atoms with E-state index in [1.54, 1.807) is 0 Å². The predicted molar refractivity (Wildman–Crippen MR) is 182 cm³/mol. The molecule has 0 radical (unpaired) electrons. The number of hydrogen-bond donors (Lipinski definition) is 5. The van der Waals surface area contributed by atoms with Gasteiger partial charge in [-0.3, -0.25) is 9.79 Å². The van der Waals surface area contributed by atoms with E-state index in [0.29, 0.717) is 36.5 Å². The van der Waals surface area contributed by atoms with Gasteiger partial charge < -0.3 is 26.6 Å². The second-order valence-electron chi connectivity index (χ2n) is 14.4. The van der Waals surface area contributed by atoms with E-state index >= 15 is 0 Å². The summed E-state index contributed by atoms with van der Waals surface area (Å²) in [4.78, 5) is 18.7. The third-order valence-electron chi connectivity index (χ3n) is 12.4. The molecule has 2 fully saturated rings. The lowest BCUT2D eigenvalue weighted by Crippen LogP contribution is -2.61. The maximum atomic E-state index is 14.0. The Morgan fingerprint density at radius 2 is 2.05 bits per heavy atom. The van der Waals surface area contributed by atoms with Crippen molar-refractivity contribution in [2.45, 2.75) is 83.2 Å². The third-order valence-corrected chi connectivity index (χ3v) is 14.9. The molecule has 0 aromatic heterocycles. The molecule has 2 spiro atoms. The molecule has 5 aliphatic rings. The molecule has 7 unspecified atom stereocenters. The minimum Gasteiger partial charge on any atom is -0.396 e. The van der Waals surface area contributed by atoms with Crippen molar-refractivity contribution in [3.63, 3.8) is 0 Å². The van der Waals surface area contributed by atoms with Crippen LogP contribution >= 0.6 is 21.6 Å². The van der Waals surface area contributed by atoms with Crippen molar-refractivity contribution in [3.8, 4) is 0 Å². The highest BCUT2D eigenvalue weighted by Gasteiger charge is 2.69. The van der Waals surface area contributed by atoms with E-state index < -0.39 is 0 Å². The zero-order valence-electron chi connectivity index (χ0n) is 26.6. The van der Waals surface area contributed by atoms with Gasteiger partial charge in [-0.2, -0.15) is 0 Å². The van der Waals surface area contributed by atoms with Crippen molar-refractivity contribution in [3.05, 3.63) is 46.5 Å². The second-order valence-corrected chi connectivity index (χ2v) is 17.0. The lowest BCUT2D eigenvalue weighted by molar-refractivity contribution is -0.125. The Kier molecular flexibility index (Phi) is 9.80. The average molecular weight is 641 g/mol. The normalized spacial score (nSPS) is 37.3. The Bertz CT molecular complexity index is 1290. The van der Waals surface area contributed by atoms with Gasteiger partial charge in [0.15, 0.2) is 11.7 Å². The molecule has 5 bridgehead atoms. The SMILES string of the molecule is CNCc1cccc(CC2CN=C(N)NC23CCCC2=C4CC5CC(CO)C(CCCO)C4(CC2=O)C5(C)CCSSC3)c1. The van der Waals surface area contributed by atoms with E-state index in [2.05, 4.69) is 46.8 Å². The molecule has 7 atom stereocenters. The number of carbonyl (C=O) groups excluding carboxylic acids is 1. The fraction of sp³-hybridized carbons (Fsp3) is 0.714. The summed E-state index contributed by atoms with van der Waals surface area (Å²) in [7, 11) is 5.95. The monoisotopic (exact) mass is 640 g/mol. The van der Waals surface area contributed by atoms with E-state index in [-0.39, 0.29) is 41.4 Å². The Morgan fingerprint density at radius 3 is 2.84 bits per heavy atom. The standard InChI is InChI=1S/C35H52N4O3S2/c1-33-11-13-43-44-22-34(27(20-38-32(36)39-34)15-23-6-3-7-24(14-23)19-37-2)10-4-8-28-30-17-26(33)16-25(21-41)29(9-5-12-40)35(30,33)18-31(28)42/h3,6-7,14,25-27,29,37,40-41H,4-5,8-13,15-22H2,1-2H3,(H3,36,38,39). The van der Waals surface area contributed by atoms with Crippen LogP contribution in [0.3, 0.4) is 0 Å². The maximum Gasteiger partial charge on any atom is 0.189 e. The van der Waals surface area contributed by atoms with Crippen LogP contribution in [-0.4, -0.2) is 65.8 Å². The second kappa shape index (κ2) is 13.3. The summed E-state index contributed by atoms with van der Waals surface area (Å²) in [5, 5.41) is 27.3. The topological polar surface area (TPSA) is 120 Å². The number of hydrogen-bond acceptors (Lipinski definition) is 9. The fourth-order valence-electron chi connectivity index (χ4n) is 10.3. The quantitative estimate of drug-likeness (QED) is 0.256. The predicted octanol–water partition coefficient (Wildman–Crippen LogP) is 4.86. The first-order chi connectivity index (χ1) is 21.3. The molecule has 242 valence electrons. The number of nitrogens with zero attached hydrogens (tertiary/aromatic N) is 1. The van der Waals surface area contributed by atoms with Crippen LogP contribution in [0.25, 0.3) is 0 Å². The highest BCUT2D eigenvalue weighted by molar-refractivity contribution is 8.76. The smallest absolute Gasteiger partial charge is 0.189 e. The Hall–Kier alpha value is -1.52. The molecule has 2 saturated carbocycles. The molecule has 0 saturated heterocycles. The molecule has 2 aliphatic heterocycles. The van der Waals surface area contributed by atoms with E-state index in [1.165, 1.54) is 16.7 Å². The number of aliphatic hydroxyl groups excluding tert-OH is 2. The molecule has 9 heteroatoms. The van der Waals surface area contributed by atoms with Gasteiger partial charge in [0.05, 0.1) is 5.54 Å². The van der Waals surface area contributed by atoms with Gasteiger partial charge in [0, 0.05) is 55.6 Å². The molecule has 0 amide bonds. The van der Waals surface area contributed by atoms with Gasteiger partial charge in [-0.25, -0.2) is 0 Å². The number of carbonyl (C=O) groups is 1. The lowest BCUT2D eigenvalue weighted by Gasteiger charge is -2.57. The summed E-state index contributed by atoms with van der Waals surface area (Å²) >= 11 is 0. The minimum absolute atomic E-state index is 0.0475. The maximum absolute atomic E-state index is 14.0. The molecule has 44 heavy (non-hydrogen) atoms. The highest BCUT2D eigenvalue weighted by Crippen LogP contribution is 2.75. The summed E-state index contributed by atoms with van der Waals surface area (Å²) in [6.07, 6.45) is 9.00. The summed E-state index contributed by atoms with van der Waals surface area (Å²) in [5.74, 6) is 4.18. The Labute approximate surface area is 271 Å². The van der Waals surface area contributed by atoms with Crippen molar-refractivity contribution in [2.75, 3.05) is 38.3 Å². The number of guanidine groups is 1. The zero-order chi connectivity index (χ0) is 31.0. The first-order valence-corrected chi connectivity index (χ1v) is 19.3. The van der Waals surface area contributed by atoms with Crippen LogP contribution in [0.5, 0.6) is 0 Å². The van der Waals surface area contributed by atoms with Crippen LogP contribution in [0, 0.1) is 34.5 Å². The van der Waals surface area contributed by atoms with Gasteiger partial charge in [-0.1, -0.05) is 58.4 Å². The zero-order valence-corrected chi connectivity index (χ0v) is 28.2. The summed E-state index contributed by atoms with van der Waals surface area (Å²) in [6, 6.07) is 8.89. The largest absolute Gasteiger partial charge is 0.396 e. The molecular weight excluding hydrogens is 589 g/mol. The van der Waals surface area contributed by atoms with Gasteiger partial charge in [-0.15, -0.1) is 0 Å². The molecule has 2 heterocycles. The van der Waals surface area contributed by atoms with E-state index in [9.17, 15) is 15.0 Å². The third kappa shape index (κ3) is 5.56. The van der Waals surface area contributed by atoms with Gasteiger partial charge in [0.1, 0.15) is 0 Å². The van der Waals surface area contributed by atoms with Crippen LogP contribution in [-0.2, 0) is 17.8 Å². The van der Waals surface area contributed by atoms with Gasteiger partial charge in [0.25, 0.3) is 0 Å². The number of Topliss-reactive ketones (excluding diaryl/α,β-unsaturated/α-hetero) is 1. The van der Waals surface area contributed by atoms with Crippen LogP contribution in [0.1, 0.15) is 75.8 Å². The molecular formula is C35H52N4O3S2. The molecule has 7 nitrogen and oxygen atoms in total. The average Bonchev–Trinajstić information content (AvgIpc) is 3.34. The summed E-state index contributed by atoms with van der Waals surface area (Å²) < 4.78 is 0. The lowest BCUT2D eigenvalue weighted by atomic mass is 9.47. The van der Waals surface area contributed by atoms with Crippen molar-refractivity contribution in [1.82, 2.24) is 10.6 Å². The number of allylic oxidation sites excluding steroid dienone is 2. The number of rotatable bonds is 8. The first-order valence-electron chi connectivity index (χ1n) is 16.8. The Morgan fingerprint density at radius 1 is 1.20 bits per heavy atom. The number of nitrogens with two attached hydrogens (primary N) is 1. The van der Waals surface area contributed by atoms with Crippen LogP contribution in [0.2, 0.25) is 0 Å². The number of aliphatic hydroxyl groups is 2. The number of nitrogens with one attached hydrogen (secondary N) is 2. The molecule has 6 rings (SSSR count). The van der Waals surface area contributed by atoms with E-state index in [1.807, 2.05) is 28.6 Å². The minimum atomic E-state index is -0.189. The van der Waals surface area contributed by atoms with E-state index in [4.69, 9.17) is 5.73 Å².